The molecule has 0 aromatic heterocycles. The van der Waals surface area contributed by atoms with E-state index >= 15 is 0 Å². The molecule has 3 nitrogen and oxygen atoms in total. The molecule has 0 aromatic rings. The van der Waals surface area contributed by atoms with Crippen LogP contribution in [0.1, 0.15) is 47.0 Å². The molecule has 3 heteroatoms. The van der Waals surface area contributed by atoms with E-state index in [1.54, 1.807) is 0 Å². The number of hydrogen-bond acceptors (Lipinski definition) is 3. The molecule has 1 atom stereocenters. The lowest BCUT2D eigenvalue weighted by Gasteiger charge is -2.33. The highest BCUT2D eigenvalue weighted by atomic mass is 16.5. The van der Waals surface area contributed by atoms with Crippen molar-refractivity contribution in [2.75, 3.05) is 39.5 Å². The van der Waals surface area contributed by atoms with Crippen LogP contribution in [0.4, 0.5) is 0 Å². The van der Waals surface area contributed by atoms with Gasteiger partial charge in [-0.25, -0.2) is 0 Å². The van der Waals surface area contributed by atoms with Gasteiger partial charge in [-0.15, -0.1) is 0 Å². The summed E-state index contributed by atoms with van der Waals surface area (Å²) in [4.78, 5) is 2.49. The summed E-state index contributed by atoms with van der Waals surface area (Å²) in [6.07, 6.45) is 4.26. The van der Waals surface area contributed by atoms with Crippen LogP contribution in [0.2, 0.25) is 0 Å². The fourth-order valence-corrected chi connectivity index (χ4v) is 2.42. The first-order valence-corrected chi connectivity index (χ1v) is 7.99. The van der Waals surface area contributed by atoms with Gasteiger partial charge in [0.1, 0.15) is 0 Å². The highest BCUT2D eigenvalue weighted by Crippen LogP contribution is 2.14. The van der Waals surface area contributed by atoms with Crippen LogP contribution in [0.5, 0.6) is 0 Å². The third kappa shape index (κ3) is 8.61. The number of nitrogens with zero attached hydrogens (tertiary/aromatic N) is 1. The molecule has 0 saturated carbocycles. The van der Waals surface area contributed by atoms with Crippen LogP contribution in [0, 0.1) is 11.8 Å². The maximum atomic E-state index is 5.85. The van der Waals surface area contributed by atoms with Crippen LogP contribution in [0.3, 0.4) is 0 Å². The molecule has 0 N–H and O–H groups in total. The molecule has 0 radical (unpaired) electrons. The van der Waals surface area contributed by atoms with Gasteiger partial charge in [-0.3, -0.25) is 4.90 Å². The smallest absolute Gasteiger partial charge is 0.0702 e. The van der Waals surface area contributed by atoms with Crippen LogP contribution in [-0.2, 0) is 9.47 Å². The van der Waals surface area contributed by atoms with Crippen LogP contribution in [-0.4, -0.2) is 50.5 Å². The average molecular weight is 271 g/mol. The van der Waals surface area contributed by atoms with Crippen LogP contribution in [0.25, 0.3) is 0 Å². The normalized spacial score (nSPS) is 21.5. The lowest BCUT2D eigenvalue weighted by molar-refractivity contribution is -0.0413. The maximum Gasteiger partial charge on any atom is 0.0702 e. The summed E-state index contributed by atoms with van der Waals surface area (Å²) in [6, 6.07) is 0. The summed E-state index contributed by atoms with van der Waals surface area (Å²) in [5, 5.41) is 0. The fraction of sp³-hybridized carbons (Fsp3) is 1.00. The highest BCUT2D eigenvalue weighted by Gasteiger charge is 2.19. The first kappa shape index (κ1) is 16.9. The predicted molar refractivity (Wildman–Crippen MR) is 80.5 cm³/mol. The van der Waals surface area contributed by atoms with E-state index < -0.39 is 0 Å². The monoisotopic (exact) mass is 271 g/mol. The second kappa shape index (κ2) is 9.73. The van der Waals surface area contributed by atoms with Crippen molar-refractivity contribution in [1.29, 1.82) is 0 Å². The molecule has 1 aliphatic heterocycles. The van der Waals surface area contributed by atoms with E-state index in [9.17, 15) is 0 Å². The summed E-state index contributed by atoms with van der Waals surface area (Å²) < 4.78 is 11.5. The van der Waals surface area contributed by atoms with Gasteiger partial charge >= 0.3 is 0 Å². The minimum absolute atomic E-state index is 0.442. The van der Waals surface area contributed by atoms with E-state index in [-0.39, 0.29) is 0 Å². The van der Waals surface area contributed by atoms with Crippen molar-refractivity contribution < 1.29 is 9.47 Å². The zero-order chi connectivity index (χ0) is 14.1. The largest absolute Gasteiger partial charge is 0.380 e. The molecule has 1 aliphatic rings. The van der Waals surface area contributed by atoms with Crippen molar-refractivity contribution >= 4 is 0 Å². The molecule has 0 amide bonds. The lowest BCUT2D eigenvalue weighted by Crippen LogP contribution is -2.43. The van der Waals surface area contributed by atoms with Crippen molar-refractivity contribution in [1.82, 2.24) is 4.90 Å². The van der Waals surface area contributed by atoms with E-state index in [2.05, 4.69) is 32.6 Å². The Balaban J connectivity index is 2.08. The predicted octanol–water partition coefficient (Wildman–Crippen LogP) is 3.19. The highest BCUT2D eigenvalue weighted by molar-refractivity contribution is 4.71. The van der Waals surface area contributed by atoms with Gasteiger partial charge in [0.15, 0.2) is 0 Å². The van der Waals surface area contributed by atoms with Crippen molar-refractivity contribution in [2.45, 2.75) is 53.1 Å². The quantitative estimate of drug-likeness (QED) is 0.601. The molecule has 1 saturated heterocycles. The van der Waals surface area contributed by atoms with Gasteiger partial charge in [0.05, 0.1) is 19.3 Å². The summed E-state index contributed by atoms with van der Waals surface area (Å²) in [7, 11) is 0. The third-order valence-corrected chi connectivity index (χ3v) is 3.53. The van der Waals surface area contributed by atoms with E-state index in [0.717, 1.165) is 45.4 Å². The van der Waals surface area contributed by atoms with Gasteiger partial charge in [0.25, 0.3) is 0 Å². The Bertz CT molecular complexity index is 219. The van der Waals surface area contributed by atoms with E-state index in [0.29, 0.717) is 12.0 Å². The van der Waals surface area contributed by atoms with Crippen molar-refractivity contribution in [3.05, 3.63) is 0 Å². The molecule has 1 rings (SSSR count). The van der Waals surface area contributed by atoms with E-state index in [4.69, 9.17) is 9.47 Å². The number of hydrogen-bond donors (Lipinski definition) is 0. The molecular formula is C16H33NO2. The molecule has 0 bridgehead atoms. The Labute approximate surface area is 119 Å². The fourth-order valence-electron chi connectivity index (χ4n) is 2.42. The van der Waals surface area contributed by atoms with Crippen molar-refractivity contribution in [3.8, 4) is 0 Å². The van der Waals surface area contributed by atoms with Crippen LogP contribution < -0.4 is 0 Å². The van der Waals surface area contributed by atoms with Gasteiger partial charge in [-0.05, 0) is 18.3 Å². The SMILES string of the molecule is CC(C)CCC[C@@H]1CN(CCOCC(C)C)CCO1. The third-order valence-electron chi connectivity index (χ3n) is 3.53. The molecule has 0 aliphatic carbocycles. The second-order valence-corrected chi connectivity index (χ2v) is 6.59. The number of rotatable bonds is 9. The first-order chi connectivity index (χ1) is 9.08. The van der Waals surface area contributed by atoms with Crippen LogP contribution >= 0.6 is 0 Å². The van der Waals surface area contributed by atoms with Gasteiger partial charge in [0.2, 0.25) is 0 Å². The molecular weight excluding hydrogens is 238 g/mol. The minimum atomic E-state index is 0.442. The van der Waals surface area contributed by atoms with Gasteiger partial charge in [-0.1, -0.05) is 40.5 Å². The summed E-state index contributed by atoms with van der Waals surface area (Å²) in [6.45, 7) is 14.8. The Morgan fingerprint density at radius 3 is 2.68 bits per heavy atom. The minimum Gasteiger partial charge on any atom is -0.380 e. The van der Waals surface area contributed by atoms with Gasteiger partial charge in [0, 0.05) is 26.2 Å². The molecule has 1 heterocycles. The zero-order valence-electron chi connectivity index (χ0n) is 13.4. The summed E-state index contributed by atoms with van der Waals surface area (Å²) >= 11 is 0. The maximum absolute atomic E-state index is 5.85. The molecule has 0 unspecified atom stereocenters. The van der Waals surface area contributed by atoms with Crippen molar-refractivity contribution in [3.63, 3.8) is 0 Å². The molecule has 1 fully saturated rings. The Kier molecular flexibility index (Phi) is 8.67. The summed E-state index contributed by atoms with van der Waals surface area (Å²) in [5.74, 6) is 1.44. The standard InChI is InChI=1S/C16H33NO2/c1-14(2)6-5-7-16-12-17(9-11-19-16)8-10-18-13-15(3)4/h14-16H,5-13H2,1-4H3/t16-/m1/s1. The van der Waals surface area contributed by atoms with E-state index in [1.807, 2.05) is 0 Å². The van der Waals surface area contributed by atoms with E-state index in [1.165, 1.54) is 19.3 Å². The first-order valence-electron chi connectivity index (χ1n) is 7.99. The Hall–Kier alpha value is -0.120. The number of morpholine rings is 1. The average Bonchev–Trinajstić information content (AvgIpc) is 2.34. The Morgan fingerprint density at radius 1 is 1.21 bits per heavy atom. The zero-order valence-corrected chi connectivity index (χ0v) is 13.4. The topological polar surface area (TPSA) is 21.7 Å². The molecule has 19 heavy (non-hydrogen) atoms. The van der Waals surface area contributed by atoms with Gasteiger partial charge in [-0.2, -0.15) is 0 Å². The van der Waals surface area contributed by atoms with Crippen LogP contribution in [0.15, 0.2) is 0 Å². The van der Waals surface area contributed by atoms with Crippen molar-refractivity contribution in [2.24, 2.45) is 11.8 Å². The molecule has 114 valence electrons. The second-order valence-electron chi connectivity index (χ2n) is 6.59. The Morgan fingerprint density at radius 2 is 2.00 bits per heavy atom. The number of ether oxygens (including phenoxy) is 2. The molecule has 0 aromatic carbocycles. The van der Waals surface area contributed by atoms with Gasteiger partial charge < -0.3 is 9.47 Å². The lowest BCUT2D eigenvalue weighted by atomic mass is 10.0. The summed E-state index contributed by atoms with van der Waals surface area (Å²) in [5.41, 5.74) is 0. The molecule has 0 spiro atoms.